The van der Waals surface area contributed by atoms with Crippen LogP contribution in [0.2, 0.25) is 0 Å². The smallest absolute Gasteiger partial charge is 0.272 e. The zero-order valence-electron chi connectivity index (χ0n) is 15.0. The van der Waals surface area contributed by atoms with Crippen molar-refractivity contribution in [3.63, 3.8) is 0 Å². The van der Waals surface area contributed by atoms with Crippen LogP contribution < -0.4 is 15.5 Å². The van der Waals surface area contributed by atoms with Gasteiger partial charge >= 0.3 is 0 Å². The van der Waals surface area contributed by atoms with E-state index in [4.69, 9.17) is 0 Å². The molecule has 2 N–H and O–H groups in total. The molecule has 136 valence electrons. The standard InChI is InChI=1S/C19H24N6O/c1-3-10-20-19(26)17-8-9-18(23-22-17)21-15-4-6-16(7-5-15)25-13-11-24(2)12-14-25/h3-9H,1,10-14H2,2H3,(H,20,26)(H,21,23). The number of benzene rings is 1. The third-order valence-corrected chi connectivity index (χ3v) is 4.31. The Morgan fingerprint density at radius 1 is 1.12 bits per heavy atom. The van der Waals surface area contributed by atoms with Gasteiger partial charge in [0.05, 0.1) is 0 Å². The molecule has 1 fully saturated rings. The normalized spacial score (nSPS) is 14.7. The highest BCUT2D eigenvalue weighted by Crippen LogP contribution is 2.21. The van der Waals surface area contributed by atoms with E-state index in [1.54, 1.807) is 18.2 Å². The number of hydrogen-bond donors (Lipinski definition) is 2. The Morgan fingerprint density at radius 3 is 2.46 bits per heavy atom. The number of nitrogens with zero attached hydrogens (tertiary/aromatic N) is 4. The molecule has 0 atom stereocenters. The lowest BCUT2D eigenvalue weighted by Crippen LogP contribution is -2.44. The number of rotatable bonds is 6. The van der Waals surface area contributed by atoms with Crippen molar-refractivity contribution >= 4 is 23.1 Å². The first-order valence-corrected chi connectivity index (χ1v) is 8.69. The predicted molar refractivity (Wildman–Crippen MR) is 104 cm³/mol. The molecule has 0 spiro atoms. The number of aromatic nitrogens is 2. The number of likely N-dealkylation sites (N-methyl/N-ethyl adjacent to an activating group) is 1. The highest BCUT2D eigenvalue weighted by Gasteiger charge is 2.14. The van der Waals surface area contributed by atoms with Gasteiger partial charge in [-0.1, -0.05) is 6.08 Å². The lowest BCUT2D eigenvalue weighted by molar-refractivity contribution is 0.0952. The molecule has 7 nitrogen and oxygen atoms in total. The van der Waals surface area contributed by atoms with Crippen molar-refractivity contribution in [2.24, 2.45) is 0 Å². The maximum absolute atomic E-state index is 11.8. The maximum atomic E-state index is 11.8. The van der Waals surface area contributed by atoms with Crippen LogP contribution in [-0.2, 0) is 0 Å². The Morgan fingerprint density at radius 2 is 1.85 bits per heavy atom. The average molecular weight is 352 g/mol. The van der Waals surface area contributed by atoms with Crippen LogP contribution in [0.15, 0.2) is 49.1 Å². The molecule has 2 heterocycles. The number of anilines is 3. The van der Waals surface area contributed by atoms with Crippen molar-refractivity contribution in [3.8, 4) is 0 Å². The van der Waals surface area contributed by atoms with E-state index in [1.165, 1.54) is 5.69 Å². The zero-order valence-corrected chi connectivity index (χ0v) is 15.0. The quantitative estimate of drug-likeness (QED) is 0.774. The summed E-state index contributed by atoms with van der Waals surface area (Å²) in [6.45, 7) is 8.23. The highest BCUT2D eigenvalue weighted by molar-refractivity contribution is 5.92. The van der Waals surface area contributed by atoms with Crippen molar-refractivity contribution in [2.75, 3.05) is 50.0 Å². The zero-order chi connectivity index (χ0) is 18.4. The van der Waals surface area contributed by atoms with Crippen molar-refractivity contribution < 1.29 is 4.79 Å². The van der Waals surface area contributed by atoms with E-state index in [1.807, 2.05) is 12.1 Å². The summed E-state index contributed by atoms with van der Waals surface area (Å²) in [7, 11) is 2.15. The minimum atomic E-state index is -0.263. The molecule has 0 aliphatic carbocycles. The summed E-state index contributed by atoms with van der Waals surface area (Å²) in [5.41, 5.74) is 2.44. The summed E-state index contributed by atoms with van der Waals surface area (Å²) >= 11 is 0. The van der Waals surface area contributed by atoms with Gasteiger partial charge in [0.1, 0.15) is 0 Å². The van der Waals surface area contributed by atoms with Gasteiger partial charge in [0, 0.05) is 44.1 Å². The van der Waals surface area contributed by atoms with Gasteiger partial charge in [-0.25, -0.2) is 0 Å². The number of amides is 1. The molecule has 1 aliphatic heterocycles. The van der Waals surface area contributed by atoms with E-state index in [-0.39, 0.29) is 11.6 Å². The van der Waals surface area contributed by atoms with Crippen LogP contribution in [0.1, 0.15) is 10.5 Å². The van der Waals surface area contributed by atoms with E-state index < -0.39 is 0 Å². The van der Waals surface area contributed by atoms with Gasteiger partial charge in [0.15, 0.2) is 11.5 Å². The van der Waals surface area contributed by atoms with Crippen LogP contribution >= 0.6 is 0 Å². The van der Waals surface area contributed by atoms with Crippen LogP contribution in [0.5, 0.6) is 0 Å². The van der Waals surface area contributed by atoms with Gasteiger partial charge in [0.25, 0.3) is 5.91 Å². The average Bonchev–Trinajstić information content (AvgIpc) is 2.68. The van der Waals surface area contributed by atoms with Crippen molar-refractivity contribution in [1.82, 2.24) is 20.4 Å². The highest BCUT2D eigenvalue weighted by atomic mass is 16.1. The number of carbonyl (C=O) groups is 1. The molecular formula is C19H24N6O. The fourth-order valence-electron chi connectivity index (χ4n) is 2.74. The first-order chi connectivity index (χ1) is 12.7. The van der Waals surface area contributed by atoms with Gasteiger partial charge in [-0.15, -0.1) is 16.8 Å². The van der Waals surface area contributed by atoms with Crippen molar-refractivity contribution in [3.05, 3.63) is 54.7 Å². The van der Waals surface area contributed by atoms with E-state index in [2.05, 4.69) is 56.4 Å². The fourth-order valence-corrected chi connectivity index (χ4v) is 2.74. The molecule has 7 heteroatoms. The Balaban J connectivity index is 1.58. The molecule has 1 aliphatic rings. The topological polar surface area (TPSA) is 73.4 Å². The number of nitrogens with one attached hydrogen (secondary N) is 2. The maximum Gasteiger partial charge on any atom is 0.272 e. The molecule has 0 radical (unpaired) electrons. The molecule has 0 bridgehead atoms. The predicted octanol–water partition coefficient (Wildman–Crippen LogP) is 1.89. The Hall–Kier alpha value is -2.93. The third kappa shape index (κ3) is 4.58. The molecule has 26 heavy (non-hydrogen) atoms. The summed E-state index contributed by atoms with van der Waals surface area (Å²) in [6.07, 6.45) is 1.62. The molecule has 1 aromatic carbocycles. The van der Waals surface area contributed by atoms with Gasteiger partial charge in [-0.3, -0.25) is 4.79 Å². The summed E-state index contributed by atoms with van der Waals surface area (Å²) in [5, 5.41) is 13.9. The number of carbonyl (C=O) groups excluding carboxylic acids is 1. The minimum Gasteiger partial charge on any atom is -0.369 e. The van der Waals surface area contributed by atoms with Gasteiger partial charge in [-0.2, -0.15) is 0 Å². The summed E-state index contributed by atoms with van der Waals surface area (Å²) in [5.74, 6) is 0.332. The van der Waals surface area contributed by atoms with Crippen molar-refractivity contribution in [2.45, 2.75) is 0 Å². The summed E-state index contributed by atoms with van der Waals surface area (Å²) in [6, 6.07) is 11.7. The number of hydrogen-bond acceptors (Lipinski definition) is 6. The van der Waals surface area contributed by atoms with E-state index in [9.17, 15) is 4.79 Å². The van der Waals surface area contributed by atoms with Gasteiger partial charge in [-0.05, 0) is 43.4 Å². The number of piperazine rings is 1. The van der Waals surface area contributed by atoms with Crippen LogP contribution in [0, 0.1) is 0 Å². The largest absolute Gasteiger partial charge is 0.369 e. The molecule has 3 rings (SSSR count). The van der Waals surface area contributed by atoms with Gasteiger partial charge in [0.2, 0.25) is 0 Å². The Bertz CT molecular complexity index is 736. The summed E-state index contributed by atoms with van der Waals surface area (Å²) in [4.78, 5) is 16.5. The second-order valence-electron chi connectivity index (χ2n) is 6.26. The molecule has 0 saturated carbocycles. The first-order valence-electron chi connectivity index (χ1n) is 8.69. The Labute approximate surface area is 153 Å². The van der Waals surface area contributed by atoms with E-state index >= 15 is 0 Å². The third-order valence-electron chi connectivity index (χ3n) is 4.31. The van der Waals surface area contributed by atoms with E-state index in [0.717, 1.165) is 31.9 Å². The fraction of sp³-hybridized carbons (Fsp3) is 0.316. The second kappa shape index (κ2) is 8.44. The second-order valence-corrected chi connectivity index (χ2v) is 6.26. The lowest BCUT2D eigenvalue weighted by atomic mass is 10.2. The molecule has 1 aromatic heterocycles. The van der Waals surface area contributed by atoms with Crippen LogP contribution in [0.3, 0.4) is 0 Å². The first kappa shape index (κ1) is 17.9. The van der Waals surface area contributed by atoms with Gasteiger partial charge < -0.3 is 20.4 Å². The van der Waals surface area contributed by atoms with Crippen LogP contribution in [-0.4, -0.2) is 60.8 Å². The lowest BCUT2D eigenvalue weighted by Gasteiger charge is -2.34. The van der Waals surface area contributed by atoms with Crippen molar-refractivity contribution in [1.29, 1.82) is 0 Å². The molecule has 2 aromatic rings. The minimum absolute atomic E-state index is 0.263. The SMILES string of the molecule is C=CCNC(=O)c1ccc(Nc2ccc(N3CCN(C)CC3)cc2)nn1. The Kier molecular flexibility index (Phi) is 5.80. The molecular weight excluding hydrogens is 328 g/mol. The monoisotopic (exact) mass is 352 g/mol. The van der Waals surface area contributed by atoms with Crippen LogP contribution in [0.4, 0.5) is 17.2 Å². The molecule has 0 unspecified atom stereocenters. The van der Waals surface area contributed by atoms with E-state index in [0.29, 0.717) is 12.4 Å². The van der Waals surface area contributed by atoms with Crippen LogP contribution in [0.25, 0.3) is 0 Å². The molecule has 1 saturated heterocycles. The summed E-state index contributed by atoms with van der Waals surface area (Å²) < 4.78 is 0. The molecule has 1 amide bonds.